The van der Waals surface area contributed by atoms with Crippen molar-refractivity contribution in [2.24, 2.45) is 0 Å². The molecule has 23 heavy (non-hydrogen) atoms. The summed E-state index contributed by atoms with van der Waals surface area (Å²) in [4.78, 5) is 0. The molecule has 1 unspecified atom stereocenters. The molecule has 0 saturated heterocycles. The summed E-state index contributed by atoms with van der Waals surface area (Å²) in [7, 11) is -2.07. The smallest absolute Gasteiger partial charge is 0.416 e. The second kappa shape index (κ2) is 6.98. The molecular formula is C17H23F3O2Si. The summed E-state index contributed by atoms with van der Waals surface area (Å²) in [6.07, 6.45) is 0.481. The first-order valence-corrected chi connectivity index (χ1v) is 10.2. The Bertz CT molecular complexity index is 568. The van der Waals surface area contributed by atoms with Gasteiger partial charge in [-0.25, -0.2) is 0 Å². The lowest BCUT2D eigenvalue weighted by Crippen LogP contribution is -2.45. The van der Waals surface area contributed by atoms with E-state index in [1.165, 1.54) is 12.1 Å². The van der Waals surface area contributed by atoms with E-state index >= 15 is 0 Å². The maximum atomic E-state index is 12.7. The normalized spacial score (nSPS) is 14.2. The van der Waals surface area contributed by atoms with E-state index in [1.54, 1.807) is 0 Å². The Morgan fingerprint density at radius 1 is 1.22 bits per heavy atom. The van der Waals surface area contributed by atoms with Gasteiger partial charge in [0.25, 0.3) is 0 Å². The maximum Gasteiger partial charge on any atom is 0.416 e. The van der Waals surface area contributed by atoms with Crippen molar-refractivity contribution in [3.63, 3.8) is 0 Å². The van der Waals surface area contributed by atoms with Crippen molar-refractivity contribution < 1.29 is 22.3 Å². The summed E-state index contributed by atoms with van der Waals surface area (Å²) < 4.78 is 49.5. The molecule has 0 bridgehead atoms. The number of hydrogen-bond acceptors (Lipinski definition) is 2. The minimum absolute atomic E-state index is 0.0156. The van der Waals surface area contributed by atoms with Gasteiger partial charge in [-0.15, -0.1) is 6.42 Å². The topological polar surface area (TPSA) is 18.5 Å². The van der Waals surface area contributed by atoms with E-state index in [9.17, 15) is 13.2 Å². The van der Waals surface area contributed by atoms with E-state index in [4.69, 9.17) is 15.6 Å². The van der Waals surface area contributed by atoms with Crippen molar-refractivity contribution in [3.05, 3.63) is 29.8 Å². The molecule has 1 rings (SSSR count). The molecule has 2 nitrogen and oxygen atoms in total. The number of terminal acetylenes is 1. The van der Waals surface area contributed by atoms with Crippen LogP contribution < -0.4 is 4.74 Å². The highest BCUT2D eigenvalue weighted by Gasteiger charge is 2.39. The van der Waals surface area contributed by atoms with Crippen LogP contribution in [0.1, 0.15) is 26.3 Å². The zero-order valence-corrected chi connectivity index (χ0v) is 15.1. The fourth-order valence-corrected chi connectivity index (χ4v) is 2.78. The summed E-state index contributed by atoms with van der Waals surface area (Å²) in [6, 6.07) is 4.73. The van der Waals surface area contributed by atoms with Gasteiger partial charge in [0.1, 0.15) is 18.5 Å². The van der Waals surface area contributed by atoms with Gasteiger partial charge in [0.2, 0.25) is 0 Å². The number of rotatable bonds is 5. The van der Waals surface area contributed by atoms with Gasteiger partial charge in [0.15, 0.2) is 8.32 Å². The third-order valence-corrected chi connectivity index (χ3v) is 8.48. The van der Waals surface area contributed by atoms with Crippen molar-refractivity contribution in [1.82, 2.24) is 0 Å². The number of hydrogen-bond donors (Lipinski definition) is 0. The molecule has 0 aliphatic heterocycles. The Balaban J connectivity index is 2.75. The number of alkyl halides is 3. The summed E-state index contributed by atoms with van der Waals surface area (Å²) in [5.74, 6) is 2.63. The minimum atomic E-state index is -4.40. The van der Waals surface area contributed by atoms with Gasteiger partial charge in [-0.05, 0) is 36.3 Å². The predicted octanol–water partition coefficient (Wildman–Crippen LogP) is 5.11. The van der Waals surface area contributed by atoms with Crippen LogP contribution >= 0.6 is 0 Å². The van der Waals surface area contributed by atoms with Crippen LogP contribution in [0.3, 0.4) is 0 Å². The third-order valence-electron chi connectivity index (χ3n) is 3.99. The maximum absolute atomic E-state index is 12.7. The molecule has 0 aromatic heterocycles. The Hall–Kier alpha value is -1.45. The average molecular weight is 344 g/mol. The zero-order valence-electron chi connectivity index (χ0n) is 14.1. The van der Waals surface area contributed by atoms with Crippen LogP contribution in [0, 0.1) is 12.3 Å². The third kappa shape index (κ3) is 5.59. The molecule has 0 fully saturated rings. The lowest BCUT2D eigenvalue weighted by Gasteiger charge is -2.37. The molecule has 0 aliphatic carbocycles. The van der Waals surface area contributed by atoms with Crippen LogP contribution in [0.2, 0.25) is 18.1 Å². The summed E-state index contributed by atoms with van der Waals surface area (Å²) in [5.41, 5.74) is -0.752. The summed E-state index contributed by atoms with van der Waals surface area (Å²) >= 11 is 0. The van der Waals surface area contributed by atoms with Crippen LogP contribution in [0.25, 0.3) is 0 Å². The van der Waals surface area contributed by atoms with E-state index < -0.39 is 26.2 Å². The second-order valence-electron chi connectivity index (χ2n) is 6.87. The van der Waals surface area contributed by atoms with Crippen LogP contribution in [-0.2, 0) is 10.6 Å². The monoisotopic (exact) mass is 344 g/mol. The van der Waals surface area contributed by atoms with E-state index in [-0.39, 0.29) is 17.4 Å². The molecule has 0 spiro atoms. The predicted molar refractivity (Wildman–Crippen MR) is 87.8 cm³/mol. The van der Waals surface area contributed by atoms with E-state index in [0.29, 0.717) is 0 Å². The Kier molecular flexibility index (Phi) is 5.94. The molecule has 1 aromatic rings. The number of benzene rings is 1. The van der Waals surface area contributed by atoms with E-state index in [1.807, 2.05) is 0 Å². The average Bonchev–Trinajstić information content (AvgIpc) is 2.41. The van der Waals surface area contributed by atoms with Crippen LogP contribution in [0.4, 0.5) is 13.2 Å². The highest BCUT2D eigenvalue weighted by molar-refractivity contribution is 6.74. The SMILES string of the molecule is C#CC(COc1cccc(C(F)(F)F)c1)O[Si](C)(C)C(C)(C)C. The fraction of sp³-hybridized carbons (Fsp3) is 0.529. The molecule has 128 valence electrons. The highest BCUT2D eigenvalue weighted by atomic mass is 28.4. The first kappa shape index (κ1) is 19.6. The van der Waals surface area contributed by atoms with Crippen LogP contribution in [-0.4, -0.2) is 21.0 Å². The van der Waals surface area contributed by atoms with Crippen LogP contribution in [0.15, 0.2) is 24.3 Å². The summed E-state index contributed by atoms with van der Waals surface area (Å²) in [5, 5.41) is -0.0156. The molecule has 0 amide bonds. The van der Waals surface area contributed by atoms with Gasteiger partial charge in [-0.3, -0.25) is 0 Å². The molecule has 1 aromatic carbocycles. The second-order valence-corrected chi connectivity index (χ2v) is 11.6. The molecule has 0 radical (unpaired) electrons. The Labute approximate surface area is 137 Å². The number of ether oxygens (including phenoxy) is 1. The highest BCUT2D eigenvalue weighted by Crippen LogP contribution is 2.37. The fourth-order valence-electron chi connectivity index (χ4n) is 1.58. The lowest BCUT2D eigenvalue weighted by atomic mass is 10.2. The van der Waals surface area contributed by atoms with Crippen molar-refractivity contribution in [3.8, 4) is 18.1 Å². The zero-order chi connectivity index (χ0) is 17.9. The molecular weight excluding hydrogens is 321 g/mol. The van der Waals surface area contributed by atoms with Gasteiger partial charge in [0.05, 0.1) is 5.56 Å². The molecule has 0 heterocycles. The van der Waals surface area contributed by atoms with Crippen molar-refractivity contribution in [2.45, 2.75) is 51.2 Å². The van der Waals surface area contributed by atoms with Crippen molar-refractivity contribution in [2.75, 3.05) is 6.61 Å². The Morgan fingerprint density at radius 3 is 2.30 bits per heavy atom. The van der Waals surface area contributed by atoms with Gasteiger partial charge in [0, 0.05) is 0 Å². The quantitative estimate of drug-likeness (QED) is 0.546. The lowest BCUT2D eigenvalue weighted by molar-refractivity contribution is -0.137. The Morgan fingerprint density at radius 2 is 1.83 bits per heavy atom. The van der Waals surface area contributed by atoms with E-state index in [0.717, 1.165) is 12.1 Å². The molecule has 0 aliphatic rings. The van der Waals surface area contributed by atoms with Crippen molar-refractivity contribution >= 4 is 8.32 Å². The first-order chi connectivity index (χ1) is 10.4. The molecule has 6 heteroatoms. The van der Waals surface area contributed by atoms with Crippen molar-refractivity contribution in [1.29, 1.82) is 0 Å². The largest absolute Gasteiger partial charge is 0.490 e. The number of halogens is 3. The standard InChI is InChI=1S/C17H23F3O2Si/c1-7-14(22-23(5,6)16(2,3)4)12-21-15-10-8-9-13(11-15)17(18,19)20/h1,8-11,14H,12H2,2-6H3. The minimum Gasteiger partial charge on any atom is -0.490 e. The first-order valence-electron chi connectivity index (χ1n) is 7.31. The van der Waals surface area contributed by atoms with E-state index in [2.05, 4.69) is 39.8 Å². The molecule has 0 saturated carbocycles. The van der Waals surface area contributed by atoms with Gasteiger partial charge in [-0.1, -0.05) is 32.8 Å². The molecule has 1 atom stereocenters. The van der Waals surface area contributed by atoms with Crippen LogP contribution in [0.5, 0.6) is 5.75 Å². The molecule has 0 N–H and O–H groups in total. The van der Waals surface area contributed by atoms with Gasteiger partial charge < -0.3 is 9.16 Å². The van der Waals surface area contributed by atoms with Gasteiger partial charge in [-0.2, -0.15) is 13.2 Å². The summed E-state index contributed by atoms with van der Waals surface area (Å²) in [6.45, 7) is 10.4. The van der Waals surface area contributed by atoms with Gasteiger partial charge >= 0.3 is 6.18 Å².